The van der Waals surface area contributed by atoms with Gasteiger partial charge in [0.25, 0.3) is 0 Å². The number of rotatable bonds is 5. The quantitative estimate of drug-likeness (QED) is 0.619. The first-order valence-electron chi connectivity index (χ1n) is 4.67. The van der Waals surface area contributed by atoms with Crippen LogP contribution in [-0.4, -0.2) is 10.4 Å². The number of hydrogen-bond acceptors (Lipinski definition) is 1. The van der Waals surface area contributed by atoms with E-state index in [2.05, 4.69) is 15.9 Å². The molecule has 0 aliphatic rings. The lowest BCUT2D eigenvalue weighted by molar-refractivity contribution is 0.466. The van der Waals surface area contributed by atoms with Crippen LogP contribution in [0.25, 0.3) is 0 Å². The first-order chi connectivity index (χ1) is 6.34. The average Bonchev–Trinajstić information content (AvgIpc) is 2.15. The van der Waals surface area contributed by atoms with Crippen molar-refractivity contribution in [3.63, 3.8) is 0 Å². The molecule has 0 aliphatic heterocycles. The summed E-state index contributed by atoms with van der Waals surface area (Å²) in [4.78, 5) is 0. The van der Waals surface area contributed by atoms with Crippen LogP contribution in [0, 0.1) is 0 Å². The Kier molecular flexibility index (Phi) is 4.91. The zero-order valence-electron chi connectivity index (χ0n) is 7.67. The van der Waals surface area contributed by atoms with Crippen molar-refractivity contribution in [3.05, 3.63) is 29.8 Å². The number of unbranched alkanes of at least 4 members (excludes halogenated alkanes) is 2. The van der Waals surface area contributed by atoms with E-state index in [1.54, 1.807) is 6.07 Å². The van der Waals surface area contributed by atoms with Crippen molar-refractivity contribution in [2.24, 2.45) is 0 Å². The molecule has 2 heteroatoms. The van der Waals surface area contributed by atoms with Gasteiger partial charge in [0.1, 0.15) is 5.75 Å². The van der Waals surface area contributed by atoms with Gasteiger partial charge in [-0.15, -0.1) is 0 Å². The molecule has 1 rings (SSSR count). The van der Waals surface area contributed by atoms with Gasteiger partial charge in [-0.1, -0.05) is 40.5 Å². The zero-order chi connectivity index (χ0) is 9.52. The SMILES string of the molecule is Oc1ccccc1CCCCCBr. The fourth-order valence-corrected chi connectivity index (χ4v) is 1.71. The lowest BCUT2D eigenvalue weighted by Crippen LogP contribution is -1.86. The smallest absolute Gasteiger partial charge is 0.118 e. The van der Waals surface area contributed by atoms with Gasteiger partial charge in [-0.3, -0.25) is 0 Å². The predicted octanol–water partition coefficient (Wildman–Crippen LogP) is 3.50. The van der Waals surface area contributed by atoms with E-state index in [1.807, 2.05) is 18.2 Å². The molecular formula is C11H15BrO. The number of halogens is 1. The molecule has 1 nitrogen and oxygen atoms in total. The van der Waals surface area contributed by atoms with Gasteiger partial charge in [-0.2, -0.15) is 0 Å². The van der Waals surface area contributed by atoms with E-state index in [-0.39, 0.29) is 0 Å². The Morgan fingerprint density at radius 3 is 2.54 bits per heavy atom. The number of aryl methyl sites for hydroxylation is 1. The Bertz CT molecular complexity index is 248. The summed E-state index contributed by atoms with van der Waals surface area (Å²) in [5.74, 6) is 0.432. The maximum Gasteiger partial charge on any atom is 0.118 e. The third-order valence-corrected chi connectivity index (χ3v) is 2.63. The van der Waals surface area contributed by atoms with E-state index >= 15 is 0 Å². The molecule has 0 fully saturated rings. The minimum absolute atomic E-state index is 0.432. The van der Waals surface area contributed by atoms with Crippen LogP contribution in [-0.2, 0) is 6.42 Å². The zero-order valence-corrected chi connectivity index (χ0v) is 9.26. The van der Waals surface area contributed by atoms with Crippen LogP contribution >= 0.6 is 15.9 Å². The second-order valence-corrected chi connectivity index (χ2v) is 3.92. The van der Waals surface area contributed by atoms with Crippen molar-refractivity contribution in [3.8, 4) is 5.75 Å². The summed E-state index contributed by atoms with van der Waals surface area (Å²) in [5.41, 5.74) is 1.07. The molecule has 0 heterocycles. The van der Waals surface area contributed by atoms with Crippen LogP contribution in [0.2, 0.25) is 0 Å². The van der Waals surface area contributed by atoms with Crippen LogP contribution < -0.4 is 0 Å². The molecule has 72 valence electrons. The molecular weight excluding hydrogens is 228 g/mol. The molecule has 0 atom stereocenters. The van der Waals surface area contributed by atoms with Crippen LogP contribution in [0.4, 0.5) is 0 Å². The van der Waals surface area contributed by atoms with Gasteiger partial charge in [0.05, 0.1) is 0 Å². The predicted molar refractivity (Wildman–Crippen MR) is 59.5 cm³/mol. The van der Waals surface area contributed by atoms with E-state index in [4.69, 9.17) is 0 Å². The lowest BCUT2D eigenvalue weighted by Gasteiger charge is -2.02. The van der Waals surface area contributed by atoms with Gasteiger partial charge in [0.2, 0.25) is 0 Å². The van der Waals surface area contributed by atoms with Crippen molar-refractivity contribution < 1.29 is 5.11 Å². The van der Waals surface area contributed by atoms with Crippen LogP contribution in [0.3, 0.4) is 0 Å². The average molecular weight is 243 g/mol. The van der Waals surface area contributed by atoms with Gasteiger partial charge in [0.15, 0.2) is 0 Å². The van der Waals surface area contributed by atoms with Crippen molar-refractivity contribution in [1.82, 2.24) is 0 Å². The van der Waals surface area contributed by atoms with Crippen LogP contribution in [0.5, 0.6) is 5.75 Å². The number of hydrogen-bond donors (Lipinski definition) is 1. The van der Waals surface area contributed by atoms with Gasteiger partial charge in [-0.25, -0.2) is 0 Å². The highest BCUT2D eigenvalue weighted by Gasteiger charge is 1.98. The Balaban J connectivity index is 2.32. The van der Waals surface area contributed by atoms with Gasteiger partial charge < -0.3 is 5.11 Å². The van der Waals surface area contributed by atoms with Crippen molar-refractivity contribution in [2.45, 2.75) is 25.7 Å². The summed E-state index contributed by atoms with van der Waals surface area (Å²) in [6.45, 7) is 0. The second kappa shape index (κ2) is 6.03. The van der Waals surface area contributed by atoms with E-state index in [9.17, 15) is 5.11 Å². The summed E-state index contributed by atoms with van der Waals surface area (Å²) in [7, 11) is 0. The summed E-state index contributed by atoms with van der Waals surface area (Å²) in [5, 5.41) is 10.5. The molecule has 1 aromatic carbocycles. The van der Waals surface area contributed by atoms with Crippen LogP contribution in [0.1, 0.15) is 24.8 Å². The summed E-state index contributed by atoms with van der Waals surface area (Å²) in [6, 6.07) is 7.57. The number of para-hydroxylation sites is 1. The Hall–Kier alpha value is -0.500. The fourth-order valence-electron chi connectivity index (χ4n) is 1.31. The fraction of sp³-hybridized carbons (Fsp3) is 0.455. The first-order valence-corrected chi connectivity index (χ1v) is 5.79. The Labute approximate surface area is 87.9 Å². The van der Waals surface area contributed by atoms with E-state index in [0.717, 1.165) is 23.7 Å². The molecule has 0 spiro atoms. The number of phenols is 1. The van der Waals surface area contributed by atoms with Crippen molar-refractivity contribution >= 4 is 15.9 Å². The number of phenolic OH excluding ortho intramolecular Hbond substituents is 1. The molecule has 0 aliphatic carbocycles. The molecule has 0 bridgehead atoms. The summed E-state index contributed by atoms with van der Waals surface area (Å²) < 4.78 is 0. The molecule has 0 saturated heterocycles. The highest BCUT2D eigenvalue weighted by Crippen LogP contribution is 2.18. The standard InChI is InChI=1S/C11H15BrO/c12-9-5-1-2-6-10-7-3-4-8-11(10)13/h3-4,7-8,13H,1-2,5-6,9H2. The number of aromatic hydroxyl groups is 1. The lowest BCUT2D eigenvalue weighted by atomic mass is 10.1. The Morgan fingerprint density at radius 2 is 1.85 bits per heavy atom. The molecule has 1 aromatic rings. The monoisotopic (exact) mass is 242 g/mol. The molecule has 13 heavy (non-hydrogen) atoms. The van der Waals surface area contributed by atoms with E-state index < -0.39 is 0 Å². The molecule has 0 amide bonds. The summed E-state index contributed by atoms with van der Waals surface area (Å²) >= 11 is 3.40. The third-order valence-electron chi connectivity index (χ3n) is 2.07. The normalized spacial score (nSPS) is 10.2. The first kappa shape index (κ1) is 10.6. The maximum atomic E-state index is 9.46. The largest absolute Gasteiger partial charge is 0.508 e. The van der Waals surface area contributed by atoms with E-state index in [1.165, 1.54) is 12.8 Å². The van der Waals surface area contributed by atoms with Gasteiger partial charge in [0, 0.05) is 5.33 Å². The highest BCUT2D eigenvalue weighted by atomic mass is 79.9. The Morgan fingerprint density at radius 1 is 1.08 bits per heavy atom. The van der Waals surface area contributed by atoms with Crippen molar-refractivity contribution in [2.75, 3.05) is 5.33 Å². The van der Waals surface area contributed by atoms with Gasteiger partial charge >= 0.3 is 0 Å². The van der Waals surface area contributed by atoms with E-state index in [0.29, 0.717) is 5.75 Å². The highest BCUT2D eigenvalue weighted by molar-refractivity contribution is 9.09. The van der Waals surface area contributed by atoms with Gasteiger partial charge in [-0.05, 0) is 30.9 Å². The second-order valence-electron chi connectivity index (χ2n) is 3.13. The van der Waals surface area contributed by atoms with Crippen LogP contribution in [0.15, 0.2) is 24.3 Å². The minimum Gasteiger partial charge on any atom is -0.508 e. The molecule has 0 aromatic heterocycles. The number of benzene rings is 1. The minimum atomic E-state index is 0.432. The molecule has 1 N–H and O–H groups in total. The molecule has 0 unspecified atom stereocenters. The third kappa shape index (κ3) is 3.81. The number of alkyl halides is 1. The molecule has 0 saturated carbocycles. The molecule has 0 radical (unpaired) electrons. The summed E-state index contributed by atoms with van der Waals surface area (Å²) in [6.07, 6.45) is 4.58. The topological polar surface area (TPSA) is 20.2 Å². The maximum absolute atomic E-state index is 9.46. The van der Waals surface area contributed by atoms with Crippen molar-refractivity contribution in [1.29, 1.82) is 0 Å².